The molecule has 0 saturated heterocycles. The Bertz CT molecular complexity index is 1260. The van der Waals surface area contributed by atoms with Gasteiger partial charge in [0.25, 0.3) is 5.56 Å². The number of hydrogen-bond acceptors (Lipinski definition) is 7. The van der Waals surface area contributed by atoms with Gasteiger partial charge < -0.3 is 14.8 Å². The largest absolute Gasteiger partial charge is 0.487 e. The van der Waals surface area contributed by atoms with Gasteiger partial charge in [0, 0.05) is 38.9 Å². The van der Waals surface area contributed by atoms with Gasteiger partial charge in [0.1, 0.15) is 18.5 Å². The molecule has 1 aromatic carbocycles. The molecule has 0 saturated carbocycles. The predicted molar refractivity (Wildman–Crippen MR) is 143 cm³/mol. The lowest BCUT2D eigenvalue weighted by molar-refractivity contribution is -0.145. The Kier molecular flexibility index (Phi) is 13.4. The Morgan fingerprint density at radius 2 is 1.67 bits per heavy atom. The van der Waals surface area contributed by atoms with E-state index in [1.54, 1.807) is 19.9 Å². The summed E-state index contributed by atoms with van der Waals surface area (Å²) in [4.78, 5) is 36.7. The zero-order chi connectivity index (χ0) is 31.3. The molecule has 42 heavy (non-hydrogen) atoms. The van der Waals surface area contributed by atoms with Crippen molar-refractivity contribution in [3.8, 4) is 5.75 Å². The fraction of sp³-hybridized carbons (Fsp3) is 0.630. The third-order valence-corrected chi connectivity index (χ3v) is 5.98. The van der Waals surface area contributed by atoms with Crippen LogP contribution in [0.1, 0.15) is 64.4 Å². The highest BCUT2D eigenvalue weighted by atomic mass is 19.4. The molecule has 0 fully saturated rings. The van der Waals surface area contributed by atoms with Gasteiger partial charge in [0.05, 0.1) is 0 Å². The number of benzene rings is 1. The highest BCUT2D eigenvalue weighted by Gasteiger charge is 2.28. The number of aryl methyl sites for hydroxylation is 2. The summed E-state index contributed by atoms with van der Waals surface area (Å²) >= 11 is 0. The zero-order valence-electron chi connectivity index (χ0n) is 23.5. The first-order chi connectivity index (χ1) is 19.7. The number of anilines is 1. The molecule has 236 valence electrons. The van der Waals surface area contributed by atoms with Crippen molar-refractivity contribution in [1.82, 2.24) is 14.3 Å². The quantitative estimate of drug-likeness (QED) is 0.148. The Morgan fingerprint density at radius 3 is 2.31 bits per heavy atom. The van der Waals surface area contributed by atoms with E-state index < -0.39 is 62.4 Å². The molecular formula is C27H36F6N4O5. The van der Waals surface area contributed by atoms with Gasteiger partial charge in [0.2, 0.25) is 5.82 Å². The highest BCUT2D eigenvalue weighted by molar-refractivity contribution is 5.68. The Labute approximate surface area is 238 Å². The fourth-order valence-corrected chi connectivity index (χ4v) is 3.89. The number of nitrogens with one attached hydrogen (secondary N) is 1. The maximum atomic E-state index is 12.8. The number of esters is 1. The average Bonchev–Trinajstić information content (AvgIpc) is 2.90. The fourth-order valence-electron chi connectivity index (χ4n) is 3.89. The molecule has 1 unspecified atom stereocenters. The second kappa shape index (κ2) is 16.2. The molecule has 2 rings (SSSR count). The molecule has 0 radical (unpaired) electrons. The third kappa shape index (κ3) is 13.0. The van der Waals surface area contributed by atoms with Crippen molar-refractivity contribution in [1.29, 1.82) is 0 Å². The maximum absolute atomic E-state index is 12.8. The van der Waals surface area contributed by atoms with Crippen LogP contribution in [0.25, 0.3) is 0 Å². The first kappa shape index (κ1) is 34.7. The van der Waals surface area contributed by atoms with Crippen molar-refractivity contribution in [2.24, 2.45) is 0 Å². The molecule has 1 aromatic heterocycles. The molecule has 15 heteroatoms. The number of hydrogen-bond donors (Lipinski definition) is 1. The topological polar surface area (TPSA) is 104 Å². The molecule has 0 bridgehead atoms. The zero-order valence-corrected chi connectivity index (χ0v) is 23.5. The van der Waals surface area contributed by atoms with Crippen molar-refractivity contribution in [2.75, 3.05) is 18.5 Å². The molecule has 0 amide bonds. The van der Waals surface area contributed by atoms with E-state index in [0.29, 0.717) is 34.3 Å². The van der Waals surface area contributed by atoms with Crippen LogP contribution in [-0.2, 0) is 29.0 Å². The highest BCUT2D eigenvalue weighted by Crippen LogP contribution is 2.22. The van der Waals surface area contributed by atoms with Gasteiger partial charge in [0.15, 0.2) is 0 Å². The Hall–Kier alpha value is -3.52. The van der Waals surface area contributed by atoms with E-state index in [-0.39, 0.29) is 37.5 Å². The normalized spacial score (nSPS) is 12.7. The van der Waals surface area contributed by atoms with Crippen LogP contribution >= 0.6 is 0 Å². The van der Waals surface area contributed by atoms with E-state index in [2.05, 4.69) is 10.4 Å². The van der Waals surface area contributed by atoms with E-state index in [0.717, 1.165) is 5.56 Å². The van der Waals surface area contributed by atoms with Gasteiger partial charge in [-0.15, -0.1) is 5.10 Å². The van der Waals surface area contributed by atoms with Crippen molar-refractivity contribution in [3.63, 3.8) is 0 Å². The number of rotatable bonds is 17. The minimum atomic E-state index is -4.49. The van der Waals surface area contributed by atoms with Crippen LogP contribution in [0, 0.1) is 0 Å². The molecule has 0 aliphatic heterocycles. The number of ether oxygens (including phenoxy) is 2. The Morgan fingerprint density at radius 1 is 1.00 bits per heavy atom. The molecule has 0 spiro atoms. The summed E-state index contributed by atoms with van der Waals surface area (Å²) < 4.78 is 87.5. The molecule has 1 heterocycles. The van der Waals surface area contributed by atoms with E-state index in [4.69, 9.17) is 9.47 Å². The number of unbranched alkanes of at least 4 members (excludes halogenated alkanes) is 1. The molecule has 0 aliphatic carbocycles. The van der Waals surface area contributed by atoms with Gasteiger partial charge in [-0.05, 0) is 56.7 Å². The summed E-state index contributed by atoms with van der Waals surface area (Å²) in [6, 6.07) is 7.35. The van der Waals surface area contributed by atoms with E-state index in [1.807, 2.05) is 18.2 Å². The predicted octanol–water partition coefficient (Wildman–Crippen LogP) is 5.25. The molecule has 2 aromatic rings. The van der Waals surface area contributed by atoms with Crippen molar-refractivity contribution < 1.29 is 40.6 Å². The van der Waals surface area contributed by atoms with Gasteiger partial charge in [-0.3, -0.25) is 14.2 Å². The monoisotopic (exact) mass is 610 g/mol. The summed E-state index contributed by atoms with van der Waals surface area (Å²) in [7, 11) is 0. The van der Waals surface area contributed by atoms with Crippen LogP contribution in [-0.4, -0.2) is 51.9 Å². The first-order valence-corrected chi connectivity index (χ1v) is 13.7. The SMILES string of the molecule is CCC(=O)OCC(C)Oc1cccc(CCCCNc2nn(CCCC(F)(F)F)c(=O)n(CCCC(F)(F)F)c2=O)c1. The lowest BCUT2D eigenvalue weighted by Gasteiger charge is -2.15. The first-order valence-electron chi connectivity index (χ1n) is 13.7. The summed E-state index contributed by atoms with van der Waals surface area (Å²) in [6.07, 6.45) is -10.6. The van der Waals surface area contributed by atoms with Crippen molar-refractivity contribution in [2.45, 2.75) is 96.8 Å². The van der Waals surface area contributed by atoms with Crippen LogP contribution in [0.4, 0.5) is 32.2 Å². The summed E-state index contributed by atoms with van der Waals surface area (Å²) in [5.41, 5.74) is -1.03. The van der Waals surface area contributed by atoms with Crippen LogP contribution in [0.5, 0.6) is 5.75 Å². The van der Waals surface area contributed by atoms with Gasteiger partial charge in [-0.25, -0.2) is 9.48 Å². The molecule has 1 atom stereocenters. The lowest BCUT2D eigenvalue weighted by atomic mass is 10.1. The number of carbonyl (C=O) groups is 1. The molecule has 0 aliphatic rings. The van der Waals surface area contributed by atoms with Crippen LogP contribution in [0.2, 0.25) is 0 Å². The van der Waals surface area contributed by atoms with E-state index in [9.17, 15) is 40.7 Å². The van der Waals surface area contributed by atoms with Gasteiger partial charge >= 0.3 is 24.0 Å². The summed E-state index contributed by atoms with van der Waals surface area (Å²) in [5.74, 6) is -0.0286. The van der Waals surface area contributed by atoms with Crippen LogP contribution in [0.3, 0.4) is 0 Å². The number of nitrogens with zero attached hydrogens (tertiary/aromatic N) is 3. The van der Waals surface area contributed by atoms with Gasteiger partial charge in [-0.1, -0.05) is 19.1 Å². The van der Waals surface area contributed by atoms with E-state index in [1.165, 1.54) is 0 Å². The van der Waals surface area contributed by atoms with Crippen molar-refractivity contribution >= 4 is 11.8 Å². The Balaban J connectivity index is 1.98. The average molecular weight is 611 g/mol. The number of carbonyl (C=O) groups excluding carboxylic acids is 1. The molecular weight excluding hydrogens is 574 g/mol. The van der Waals surface area contributed by atoms with Crippen molar-refractivity contribution in [3.05, 3.63) is 50.7 Å². The minimum absolute atomic E-state index is 0.121. The molecule has 1 N–H and O–H groups in total. The smallest absolute Gasteiger partial charge is 0.389 e. The number of alkyl halides is 6. The van der Waals surface area contributed by atoms with Crippen LogP contribution in [0.15, 0.2) is 33.9 Å². The number of aromatic nitrogens is 3. The third-order valence-electron chi connectivity index (χ3n) is 5.98. The van der Waals surface area contributed by atoms with Crippen LogP contribution < -0.4 is 21.3 Å². The minimum Gasteiger partial charge on any atom is -0.487 e. The standard InChI is InChI=1S/C27H36F6N4O5/c1-3-22(38)41-18-19(2)42-21-11-6-10-20(17-21)9-4-5-14-34-23-24(39)36(15-7-12-26(28,29)30)25(40)37(35-23)16-8-13-27(31,32)33/h6,10-11,17,19H,3-5,7-9,12-16,18H2,1-2H3,(H,34,35). The molecule has 9 nitrogen and oxygen atoms in total. The summed E-state index contributed by atoms with van der Waals surface area (Å²) in [5, 5.41) is 6.63. The number of halogens is 6. The second-order valence-electron chi connectivity index (χ2n) is 9.74. The summed E-state index contributed by atoms with van der Waals surface area (Å²) in [6.45, 7) is 2.82. The maximum Gasteiger partial charge on any atom is 0.389 e. The second-order valence-corrected chi connectivity index (χ2v) is 9.74. The van der Waals surface area contributed by atoms with E-state index >= 15 is 0 Å². The van der Waals surface area contributed by atoms with Gasteiger partial charge in [-0.2, -0.15) is 26.3 Å². The lowest BCUT2D eigenvalue weighted by Crippen LogP contribution is -2.43.